The van der Waals surface area contributed by atoms with Gasteiger partial charge >= 0.3 is 0 Å². The van der Waals surface area contributed by atoms with Crippen molar-refractivity contribution >= 4 is 5.91 Å². The van der Waals surface area contributed by atoms with Gasteiger partial charge in [0, 0.05) is 12.1 Å². The Morgan fingerprint density at radius 3 is 2.48 bits per heavy atom. The maximum atomic E-state index is 12.6. The summed E-state index contributed by atoms with van der Waals surface area (Å²) in [6.07, 6.45) is 1.06. The maximum Gasteiger partial charge on any atom is 0.251 e. The minimum Gasteiger partial charge on any atom is -0.345 e. The van der Waals surface area contributed by atoms with Crippen molar-refractivity contribution in [2.75, 3.05) is 13.6 Å². The zero-order valence-electron chi connectivity index (χ0n) is 14.0. The van der Waals surface area contributed by atoms with Gasteiger partial charge in [-0.25, -0.2) is 0 Å². The van der Waals surface area contributed by atoms with Gasteiger partial charge in [0.05, 0.1) is 11.6 Å². The molecule has 0 spiro atoms. The van der Waals surface area contributed by atoms with Crippen molar-refractivity contribution in [1.82, 2.24) is 10.2 Å². The first-order chi connectivity index (χ1) is 11.0. The lowest BCUT2D eigenvalue weighted by molar-refractivity contribution is 0.0807. The Morgan fingerprint density at radius 1 is 1.09 bits per heavy atom. The Hall–Kier alpha value is -2.13. The van der Waals surface area contributed by atoms with E-state index < -0.39 is 0 Å². The zero-order chi connectivity index (χ0) is 16.4. The highest BCUT2D eigenvalue weighted by Crippen LogP contribution is 2.36. The molecule has 1 aliphatic heterocycles. The predicted molar refractivity (Wildman–Crippen MR) is 93.5 cm³/mol. The number of carbonyl (C=O) groups is 1. The molecule has 1 amide bonds. The average Bonchev–Trinajstić information content (AvgIpc) is 2.54. The lowest BCUT2D eigenvalue weighted by atomic mass is 9.81. The molecule has 1 aliphatic rings. The third kappa shape index (κ3) is 3.15. The van der Waals surface area contributed by atoms with Crippen LogP contribution in [0.25, 0.3) is 0 Å². The summed E-state index contributed by atoms with van der Waals surface area (Å²) in [5.41, 5.74) is 3.04. The van der Waals surface area contributed by atoms with Crippen LogP contribution in [-0.4, -0.2) is 29.9 Å². The van der Waals surface area contributed by atoms with E-state index in [4.69, 9.17) is 0 Å². The van der Waals surface area contributed by atoms with Gasteiger partial charge in [-0.2, -0.15) is 0 Å². The van der Waals surface area contributed by atoms with Crippen LogP contribution in [0.1, 0.15) is 41.4 Å². The molecule has 120 valence electrons. The second kappa shape index (κ2) is 6.17. The molecule has 1 heterocycles. The van der Waals surface area contributed by atoms with E-state index in [1.165, 1.54) is 11.1 Å². The van der Waals surface area contributed by atoms with E-state index in [1.54, 1.807) is 0 Å². The first-order valence-electron chi connectivity index (χ1n) is 8.14. The minimum atomic E-state index is -0.363. The SMILES string of the molecule is CN1CCc2ccccc2C1C(C)(C)NC(=O)c1ccccc1. The van der Waals surface area contributed by atoms with Crippen LogP contribution in [-0.2, 0) is 6.42 Å². The van der Waals surface area contributed by atoms with Gasteiger partial charge in [0.1, 0.15) is 0 Å². The van der Waals surface area contributed by atoms with Crippen molar-refractivity contribution in [2.45, 2.75) is 31.8 Å². The van der Waals surface area contributed by atoms with Crippen molar-refractivity contribution < 1.29 is 4.79 Å². The Balaban J connectivity index is 1.88. The molecular weight excluding hydrogens is 284 g/mol. The summed E-state index contributed by atoms with van der Waals surface area (Å²) >= 11 is 0. The van der Waals surface area contributed by atoms with Gasteiger partial charge < -0.3 is 5.32 Å². The molecule has 2 aromatic rings. The fraction of sp³-hybridized carbons (Fsp3) is 0.350. The van der Waals surface area contributed by atoms with Gasteiger partial charge in [-0.15, -0.1) is 0 Å². The van der Waals surface area contributed by atoms with Gasteiger partial charge in [-0.1, -0.05) is 42.5 Å². The number of rotatable bonds is 3. The highest BCUT2D eigenvalue weighted by Gasteiger charge is 2.38. The molecule has 2 aromatic carbocycles. The lowest BCUT2D eigenvalue weighted by Gasteiger charge is -2.44. The van der Waals surface area contributed by atoms with Crippen LogP contribution >= 0.6 is 0 Å². The molecule has 0 aromatic heterocycles. The Kier molecular flexibility index (Phi) is 4.22. The minimum absolute atomic E-state index is 0.0212. The van der Waals surface area contributed by atoms with Crippen molar-refractivity contribution in [3.63, 3.8) is 0 Å². The molecule has 0 fully saturated rings. The molecule has 1 N–H and O–H groups in total. The third-order valence-corrected chi connectivity index (χ3v) is 4.68. The summed E-state index contributed by atoms with van der Waals surface area (Å²) < 4.78 is 0. The maximum absolute atomic E-state index is 12.6. The summed E-state index contributed by atoms with van der Waals surface area (Å²) in [4.78, 5) is 14.9. The number of fused-ring (bicyclic) bond motifs is 1. The molecule has 0 bridgehead atoms. The summed E-state index contributed by atoms with van der Waals surface area (Å²) in [5, 5.41) is 3.23. The Bertz CT molecular complexity index is 694. The van der Waals surface area contributed by atoms with Gasteiger partial charge in [0.2, 0.25) is 0 Å². The molecular formula is C20H24N2O. The number of carbonyl (C=O) groups excluding carboxylic acids is 1. The molecule has 3 nitrogen and oxygen atoms in total. The van der Waals surface area contributed by atoms with Gasteiger partial charge in [0.15, 0.2) is 0 Å². The topological polar surface area (TPSA) is 32.3 Å². The number of nitrogens with zero attached hydrogens (tertiary/aromatic N) is 1. The van der Waals surface area contributed by atoms with Gasteiger partial charge in [0.25, 0.3) is 5.91 Å². The lowest BCUT2D eigenvalue weighted by Crippen LogP contribution is -2.54. The molecule has 0 saturated carbocycles. The van der Waals surface area contributed by atoms with E-state index in [-0.39, 0.29) is 17.5 Å². The molecule has 3 rings (SSSR count). The van der Waals surface area contributed by atoms with Crippen molar-refractivity contribution in [3.8, 4) is 0 Å². The first kappa shape index (κ1) is 15.8. The van der Waals surface area contributed by atoms with Gasteiger partial charge in [-0.05, 0) is 50.6 Å². The molecule has 0 aliphatic carbocycles. The smallest absolute Gasteiger partial charge is 0.251 e. The summed E-state index contributed by atoms with van der Waals surface area (Å²) in [6, 6.07) is 18.1. The number of benzene rings is 2. The molecule has 3 heteroatoms. The van der Waals surface area contributed by atoms with Crippen LogP contribution in [0, 0.1) is 0 Å². The summed E-state index contributed by atoms with van der Waals surface area (Å²) in [6.45, 7) is 5.22. The molecule has 0 radical (unpaired) electrons. The number of hydrogen-bond acceptors (Lipinski definition) is 2. The van der Waals surface area contributed by atoms with Crippen LogP contribution < -0.4 is 5.32 Å². The summed E-state index contributed by atoms with van der Waals surface area (Å²) in [7, 11) is 2.14. The fourth-order valence-corrected chi connectivity index (χ4v) is 3.65. The van der Waals surface area contributed by atoms with E-state index >= 15 is 0 Å². The third-order valence-electron chi connectivity index (χ3n) is 4.68. The van der Waals surface area contributed by atoms with Gasteiger partial charge in [-0.3, -0.25) is 9.69 Å². The largest absolute Gasteiger partial charge is 0.345 e. The van der Waals surface area contributed by atoms with Crippen molar-refractivity contribution in [2.24, 2.45) is 0 Å². The number of likely N-dealkylation sites (N-methyl/N-ethyl adjacent to an activating group) is 1. The molecule has 0 saturated heterocycles. The predicted octanol–water partition coefficient (Wildman–Crippen LogP) is 3.42. The Labute approximate surface area is 138 Å². The number of amides is 1. The van der Waals surface area contributed by atoms with Crippen molar-refractivity contribution in [3.05, 3.63) is 71.3 Å². The number of nitrogens with one attached hydrogen (secondary N) is 1. The van der Waals surface area contributed by atoms with Crippen LogP contribution in [0.3, 0.4) is 0 Å². The zero-order valence-corrected chi connectivity index (χ0v) is 14.0. The first-order valence-corrected chi connectivity index (χ1v) is 8.14. The second-order valence-corrected chi connectivity index (χ2v) is 6.87. The normalized spacial score (nSPS) is 18.3. The average molecular weight is 308 g/mol. The van der Waals surface area contributed by atoms with Crippen LogP contribution in [0.2, 0.25) is 0 Å². The fourth-order valence-electron chi connectivity index (χ4n) is 3.65. The summed E-state index contributed by atoms with van der Waals surface area (Å²) in [5.74, 6) is -0.0212. The molecule has 1 atom stereocenters. The standard InChI is InChI=1S/C20H24N2O/c1-20(2,21-19(23)16-10-5-4-6-11-16)18-17-12-8-7-9-15(17)13-14-22(18)3/h4-12,18H,13-14H2,1-3H3,(H,21,23). The van der Waals surface area contributed by atoms with Crippen LogP contribution in [0.15, 0.2) is 54.6 Å². The quantitative estimate of drug-likeness (QED) is 0.942. The second-order valence-electron chi connectivity index (χ2n) is 6.87. The van der Waals surface area contributed by atoms with E-state index in [2.05, 4.69) is 55.4 Å². The van der Waals surface area contributed by atoms with Crippen molar-refractivity contribution in [1.29, 1.82) is 0 Å². The molecule has 23 heavy (non-hydrogen) atoms. The van der Waals surface area contributed by atoms with Crippen LogP contribution in [0.5, 0.6) is 0 Å². The monoisotopic (exact) mass is 308 g/mol. The highest BCUT2D eigenvalue weighted by atomic mass is 16.1. The van der Waals surface area contributed by atoms with E-state index in [0.29, 0.717) is 5.56 Å². The van der Waals surface area contributed by atoms with Crippen LogP contribution in [0.4, 0.5) is 0 Å². The number of hydrogen-bond donors (Lipinski definition) is 1. The van der Waals surface area contributed by atoms with E-state index in [0.717, 1.165) is 13.0 Å². The Morgan fingerprint density at radius 2 is 1.74 bits per heavy atom. The molecule has 1 unspecified atom stereocenters. The van der Waals surface area contributed by atoms with E-state index in [9.17, 15) is 4.79 Å². The highest BCUT2D eigenvalue weighted by molar-refractivity contribution is 5.94. The van der Waals surface area contributed by atoms with E-state index in [1.807, 2.05) is 30.3 Å².